The molecule has 0 saturated carbocycles. The van der Waals surface area contributed by atoms with Gasteiger partial charge >= 0.3 is 7.12 Å². The first-order valence-corrected chi connectivity index (χ1v) is 13.7. The van der Waals surface area contributed by atoms with Crippen LogP contribution in [0.15, 0.2) is 78.1 Å². The lowest BCUT2D eigenvalue weighted by molar-refractivity contribution is 0.00578. The van der Waals surface area contributed by atoms with Crippen LogP contribution in [0.25, 0.3) is 33.1 Å². The summed E-state index contributed by atoms with van der Waals surface area (Å²) >= 11 is 0. The monoisotopic (exact) mass is 513 g/mol. The van der Waals surface area contributed by atoms with E-state index in [1.807, 2.05) is 71.1 Å². The van der Waals surface area contributed by atoms with Crippen molar-refractivity contribution in [2.75, 3.05) is 0 Å². The number of hydrogen-bond acceptors (Lipinski definition) is 5. The average Bonchev–Trinajstić information content (AvgIpc) is 3.52. The van der Waals surface area contributed by atoms with Crippen LogP contribution in [0.3, 0.4) is 0 Å². The highest BCUT2D eigenvalue weighted by molar-refractivity contribution is 7.90. The predicted octanol–water partition coefficient (Wildman–Crippen LogP) is 5.03. The summed E-state index contributed by atoms with van der Waals surface area (Å²) in [6, 6.07) is 16.8. The molecule has 0 aliphatic carbocycles. The number of H-pyrrole nitrogens is 1. The van der Waals surface area contributed by atoms with Gasteiger partial charge in [0, 0.05) is 40.5 Å². The number of fused-ring (bicyclic) bond motifs is 2. The molecule has 0 amide bonds. The molecule has 6 rings (SSSR count). The smallest absolute Gasteiger partial charge is 0.399 e. The van der Waals surface area contributed by atoms with Crippen LogP contribution < -0.4 is 5.46 Å². The molecular formula is C28H28BN3O4S. The molecule has 1 aliphatic rings. The molecule has 0 bridgehead atoms. The van der Waals surface area contributed by atoms with Crippen LogP contribution in [0.2, 0.25) is 0 Å². The number of aromatic amines is 1. The van der Waals surface area contributed by atoms with Crippen LogP contribution in [-0.4, -0.2) is 40.7 Å². The van der Waals surface area contributed by atoms with E-state index in [9.17, 15) is 8.42 Å². The molecule has 0 radical (unpaired) electrons. The lowest BCUT2D eigenvalue weighted by atomic mass is 9.79. The molecule has 0 unspecified atom stereocenters. The maximum atomic E-state index is 13.8. The fourth-order valence-corrected chi connectivity index (χ4v) is 5.99. The van der Waals surface area contributed by atoms with Gasteiger partial charge in [-0.15, -0.1) is 0 Å². The molecule has 188 valence electrons. The second kappa shape index (κ2) is 8.05. The summed E-state index contributed by atoms with van der Waals surface area (Å²) in [5.74, 6) is 0. The number of aromatic nitrogens is 3. The van der Waals surface area contributed by atoms with Gasteiger partial charge in [-0.3, -0.25) is 0 Å². The number of benzene rings is 2. The van der Waals surface area contributed by atoms with Crippen LogP contribution in [-0.2, 0) is 19.3 Å². The minimum atomic E-state index is -3.88. The second-order valence-electron chi connectivity index (χ2n) is 10.7. The topological polar surface area (TPSA) is 86.2 Å². The van der Waals surface area contributed by atoms with Crippen molar-refractivity contribution >= 4 is 44.5 Å². The van der Waals surface area contributed by atoms with Gasteiger partial charge in [-0.2, -0.15) is 0 Å². The van der Waals surface area contributed by atoms with E-state index in [1.165, 1.54) is 3.97 Å². The Hall–Kier alpha value is -3.40. The molecule has 0 atom stereocenters. The number of pyridine rings is 1. The van der Waals surface area contributed by atoms with Crippen LogP contribution in [0.1, 0.15) is 33.3 Å². The minimum absolute atomic E-state index is 0.208. The highest BCUT2D eigenvalue weighted by Crippen LogP contribution is 2.38. The summed E-state index contributed by atoms with van der Waals surface area (Å²) in [5, 5.41) is 1.74. The Balaban J connectivity index is 1.56. The number of hydrogen-bond donors (Lipinski definition) is 1. The lowest BCUT2D eigenvalue weighted by Gasteiger charge is -2.32. The zero-order valence-electron chi connectivity index (χ0n) is 21.4. The molecule has 37 heavy (non-hydrogen) atoms. The molecule has 9 heteroatoms. The van der Waals surface area contributed by atoms with Gasteiger partial charge in [0.1, 0.15) is 0 Å². The predicted molar refractivity (Wildman–Crippen MR) is 147 cm³/mol. The summed E-state index contributed by atoms with van der Waals surface area (Å²) < 4.78 is 41.3. The average molecular weight is 513 g/mol. The number of aryl methyl sites for hydroxylation is 1. The normalized spacial score (nSPS) is 17.2. The van der Waals surface area contributed by atoms with Crippen molar-refractivity contribution in [2.24, 2.45) is 0 Å². The highest BCUT2D eigenvalue weighted by Gasteiger charge is 2.52. The minimum Gasteiger partial charge on any atom is -0.399 e. The van der Waals surface area contributed by atoms with E-state index in [-0.39, 0.29) is 4.90 Å². The third-order valence-corrected chi connectivity index (χ3v) is 9.26. The third kappa shape index (κ3) is 3.80. The van der Waals surface area contributed by atoms with Gasteiger partial charge in [0.2, 0.25) is 0 Å². The number of rotatable bonds is 4. The van der Waals surface area contributed by atoms with Crippen molar-refractivity contribution in [3.63, 3.8) is 0 Å². The Morgan fingerprint density at radius 1 is 0.946 bits per heavy atom. The standard InChI is InChI=1S/C28H28BN3O4S/c1-18-6-9-22(10-7-18)37(33,34)32-17-24(19-8-11-25-20(14-19)12-13-30-25)23-15-21(16-31-26(23)32)29-35-27(2,3)28(4,5)36-29/h6-17,30H,1-5H3. The SMILES string of the molecule is Cc1ccc(S(=O)(=O)n2cc(-c3ccc4[nH]ccc4c3)c3cc(B4OC(C)(C)C(C)(C)O4)cnc32)cc1. The molecule has 5 aromatic rings. The zero-order valence-corrected chi connectivity index (χ0v) is 22.3. The molecule has 1 N–H and O–H groups in total. The Kier molecular flexibility index (Phi) is 5.22. The van der Waals surface area contributed by atoms with E-state index in [1.54, 1.807) is 36.7 Å². The molecular weight excluding hydrogens is 485 g/mol. The first-order chi connectivity index (χ1) is 17.5. The van der Waals surface area contributed by atoms with Gasteiger partial charge in [0.15, 0.2) is 5.65 Å². The Morgan fingerprint density at radius 2 is 1.65 bits per heavy atom. The van der Waals surface area contributed by atoms with Crippen LogP contribution >= 0.6 is 0 Å². The molecule has 1 fully saturated rings. The summed E-state index contributed by atoms with van der Waals surface area (Å²) in [6.45, 7) is 9.93. The van der Waals surface area contributed by atoms with Crippen molar-refractivity contribution in [2.45, 2.75) is 50.7 Å². The lowest BCUT2D eigenvalue weighted by Crippen LogP contribution is -2.41. The largest absolute Gasteiger partial charge is 0.496 e. The fraction of sp³-hybridized carbons (Fsp3) is 0.250. The molecule has 2 aromatic carbocycles. The van der Waals surface area contributed by atoms with Crippen LogP contribution in [0, 0.1) is 6.92 Å². The van der Waals surface area contributed by atoms with E-state index in [0.717, 1.165) is 33.1 Å². The van der Waals surface area contributed by atoms with Crippen molar-refractivity contribution in [1.82, 2.24) is 13.9 Å². The maximum absolute atomic E-state index is 13.8. The molecule has 3 aromatic heterocycles. The molecule has 0 spiro atoms. The van der Waals surface area contributed by atoms with Crippen molar-refractivity contribution in [3.8, 4) is 11.1 Å². The van der Waals surface area contributed by atoms with Crippen molar-refractivity contribution in [3.05, 3.63) is 78.8 Å². The third-order valence-electron chi connectivity index (χ3n) is 7.60. The first kappa shape index (κ1) is 24.0. The van der Waals surface area contributed by atoms with E-state index < -0.39 is 28.3 Å². The fourth-order valence-electron chi connectivity index (χ4n) is 4.66. The Morgan fingerprint density at radius 3 is 2.35 bits per heavy atom. The molecule has 1 saturated heterocycles. The quantitative estimate of drug-likeness (QED) is 0.341. The van der Waals surface area contributed by atoms with E-state index in [0.29, 0.717) is 11.0 Å². The van der Waals surface area contributed by atoms with Gasteiger partial charge < -0.3 is 14.3 Å². The molecule has 7 nitrogen and oxygen atoms in total. The van der Waals surface area contributed by atoms with Crippen molar-refractivity contribution in [1.29, 1.82) is 0 Å². The van der Waals surface area contributed by atoms with Gasteiger partial charge in [0.25, 0.3) is 10.0 Å². The van der Waals surface area contributed by atoms with Gasteiger partial charge in [-0.1, -0.05) is 23.8 Å². The molecule has 1 aliphatic heterocycles. The summed E-state index contributed by atoms with van der Waals surface area (Å²) in [7, 11) is -4.50. The van der Waals surface area contributed by atoms with Crippen molar-refractivity contribution < 1.29 is 17.7 Å². The Labute approximate surface area is 216 Å². The molecule has 4 heterocycles. The Bertz CT molecular complexity index is 1750. The van der Waals surface area contributed by atoms with Crippen LogP contribution in [0.4, 0.5) is 0 Å². The summed E-state index contributed by atoms with van der Waals surface area (Å²) in [4.78, 5) is 8.06. The van der Waals surface area contributed by atoms with E-state index >= 15 is 0 Å². The first-order valence-electron chi connectivity index (χ1n) is 12.2. The maximum Gasteiger partial charge on any atom is 0.496 e. The summed E-state index contributed by atoms with van der Waals surface area (Å²) in [6.07, 6.45) is 5.19. The number of nitrogens with one attached hydrogen (secondary N) is 1. The van der Waals surface area contributed by atoms with E-state index in [4.69, 9.17) is 9.31 Å². The van der Waals surface area contributed by atoms with Gasteiger partial charge in [-0.05, 0) is 82.0 Å². The number of nitrogens with zero attached hydrogens (tertiary/aromatic N) is 2. The summed E-state index contributed by atoms with van der Waals surface area (Å²) in [5.41, 5.74) is 3.73. The second-order valence-corrected chi connectivity index (χ2v) is 12.5. The van der Waals surface area contributed by atoms with Gasteiger partial charge in [0.05, 0.1) is 16.1 Å². The zero-order chi connectivity index (χ0) is 26.2. The van der Waals surface area contributed by atoms with Crippen LogP contribution in [0.5, 0.6) is 0 Å². The van der Waals surface area contributed by atoms with E-state index in [2.05, 4.69) is 9.97 Å². The van der Waals surface area contributed by atoms with Gasteiger partial charge in [-0.25, -0.2) is 17.4 Å². The highest BCUT2D eigenvalue weighted by atomic mass is 32.2.